The van der Waals surface area contributed by atoms with Crippen molar-refractivity contribution < 1.29 is 9.59 Å². The number of amides is 2. The molecule has 1 aliphatic rings. The van der Waals surface area contributed by atoms with Gasteiger partial charge in [-0.15, -0.1) is 11.8 Å². The van der Waals surface area contributed by atoms with E-state index < -0.39 is 6.04 Å². The summed E-state index contributed by atoms with van der Waals surface area (Å²) in [5.41, 5.74) is 8.29. The van der Waals surface area contributed by atoms with Crippen LogP contribution in [0.2, 0.25) is 0 Å². The Morgan fingerprint density at radius 2 is 1.57 bits per heavy atom. The lowest BCUT2D eigenvalue weighted by Gasteiger charge is -2.48. The highest BCUT2D eigenvalue weighted by Gasteiger charge is 2.49. The highest BCUT2D eigenvalue weighted by atomic mass is 32.2. The molecule has 160 valence electrons. The van der Waals surface area contributed by atoms with Gasteiger partial charge < -0.3 is 10.6 Å². The van der Waals surface area contributed by atoms with E-state index in [-0.39, 0.29) is 23.1 Å². The summed E-state index contributed by atoms with van der Waals surface area (Å²) in [5, 5.41) is 0.0216. The molecule has 30 heavy (non-hydrogen) atoms. The Morgan fingerprint density at radius 1 is 0.967 bits per heavy atom. The SMILES string of the molecule is CC1C(=O)N(C(CCCCCCc2ccccc2)C(N)=O)C1SCc1ccccc1. The third-order valence-corrected chi connectivity index (χ3v) is 7.29. The Kier molecular flexibility index (Phi) is 8.38. The number of aryl methyl sites for hydroxylation is 1. The lowest BCUT2D eigenvalue weighted by atomic mass is 9.94. The number of hydrogen-bond acceptors (Lipinski definition) is 3. The maximum Gasteiger partial charge on any atom is 0.240 e. The summed E-state index contributed by atoms with van der Waals surface area (Å²) in [6.45, 7) is 1.95. The zero-order chi connectivity index (χ0) is 21.3. The highest BCUT2D eigenvalue weighted by molar-refractivity contribution is 7.99. The molecule has 3 atom stereocenters. The topological polar surface area (TPSA) is 63.4 Å². The summed E-state index contributed by atoms with van der Waals surface area (Å²) in [6, 6.07) is 20.2. The monoisotopic (exact) mass is 424 g/mol. The Balaban J connectivity index is 1.45. The third kappa shape index (κ3) is 5.88. The molecule has 1 heterocycles. The number of carbonyl (C=O) groups excluding carboxylic acids is 2. The average Bonchev–Trinajstić information content (AvgIpc) is 2.77. The van der Waals surface area contributed by atoms with Crippen LogP contribution >= 0.6 is 11.8 Å². The Morgan fingerprint density at radius 3 is 2.20 bits per heavy atom. The molecule has 1 fully saturated rings. The fourth-order valence-corrected chi connectivity index (χ4v) is 5.41. The second-order valence-corrected chi connectivity index (χ2v) is 9.18. The van der Waals surface area contributed by atoms with Gasteiger partial charge in [0.2, 0.25) is 11.8 Å². The normalized spacial score (nSPS) is 19.4. The summed E-state index contributed by atoms with van der Waals surface area (Å²) in [4.78, 5) is 26.4. The summed E-state index contributed by atoms with van der Waals surface area (Å²) < 4.78 is 0. The maximum absolute atomic E-state index is 12.5. The van der Waals surface area contributed by atoms with Gasteiger partial charge in [-0.2, -0.15) is 0 Å². The summed E-state index contributed by atoms with van der Waals surface area (Å²) in [6.07, 6.45) is 5.96. The molecule has 0 aromatic heterocycles. The van der Waals surface area contributed by atoms with Gasteiger partial charge in [-0.3, -0.25) is 9.59 Å². The van der Waals surface area contributed by atoms with E-state index in [2.05, 4.69) is 36.4 Å². The van der Waals surface area contributed by atoms with E-state index in [4.69, 9.17) is 5.73 Å². The van der Waals surface area contributed by atoms with E-state index in [0.717, 1.165) is 37.9 Å². The van der Waals surface area contributed by atoms with Crippen LogP contribution < -0.4 is 5.73 Å². The smallest absolute Gasteiger partial charge is 0.240 e. The second kappa shape index (κ2) is 11.2. The number of carbonyl (C=O) groups is 2. The van der Waals surface area contributed by atoms with Crippen molar-refractivity contribution in [2.45, 2.75) is 62.6 Å². The Labute approximate surface area is 184 Å². The Hall–Kier alpha value is -2.27. The number of nitrogens with two attached hydrogens (primary N) is 1. The molecule has 0 radical (unpaired) electrons. The van der Waals surface area contributed by atoms with Crippen LogP contribution in [0.1, 0.15) is 50.2 Å². The molecule has 0 spiro atoms. The Bertz CT molecular complexity index is 812. The van der Waals surface area contributed by atoms with E-state index in [1.54, 1.807) is 16.7 Å². The van der Waals surface area contributed by atoms with Crippen molar-refractivity contribution in [2.24, 2.45) is 11.7 Å². The van der Waals surface area contributed by atoms with Crippen LogP contribution in [-0.4, -0.2) is 28.1 Å². The van der Waals surface area contributed by atoms with Crippen LogP contribution in [0.4, 0.5) is 0 Å². The van der Waals surface area contributed by atoms with Crippen molar-refractivity contribution >= 4 is 23.6 Å². The van der Waals surface area contributed by atoms with Crippen molar-refractivity contribution in [3.63, 3.8) is 0 Å². The fourth-order valence-electron chi connectivity index (χ4n) is 4.04. The van der Waals surface area contributed by atoms with Crippen molar-refractivity contribution in [1.82, 2.24) is 4.90 Å². The van der Waals surface area contributed by atoms with Crippen LogP contribution in [0.25, 0.3) is 0 Å². The predicted octanol–water partition coefficient (Wildman–Crippen LogP) is 4.77. The van der Waals surface area contributed by atoms with E-state index >= 15 is 0 Å². The van der Waals surface area contributed by atoms with Crippen LogP contribution in [0.15, 0.2) is 60.7 Å². The summed E-state index contributed by atoms with van der Waals surface area (Å²) in [7, 11) is 0. The molecule has 3 rings (SSSR count). The lowest BCUT2D eigenvalue weighted by Crippen LogP contribution is -2.64. The number of primary amides is 1. The van der Waals surface area contributed by atoms with Gasteiger partial charge in [-0.25, -0.2) is 0 Å². The average molecular weight is 425 g/mol. The number of β-lactam (4-membered cyclic amide) rings is 1. The van der Waals surface area contributed by atoms with Gasteiger partial charge in [0.05, 0.1) is 11.3 Å². The molecular formula is C25H32N2O2S. The number of nitrogens with zero attached hydrogens (tertiary/aromatic N) is 1. The largest absolute Gasteiger partial charge is 0.368 e. The number of benzene rings is 2. The molecule has 0 aliphatic carbocycles. The van der Waals surface area contributed by atoms with Crippen molar-refractivity contribution in [3.8, 4) is 0 Å². The number of unbranched alkanes of at least 4 members (excludes halogenated alkanes) is 3. The lowest BCUT2D eigenvalue weighted by molar-refractivity contribution is -0.157. The standard InChI is InChI=1S/C25H32N2O2S/c1-19-24(29)27(25(19)30-18-21-15-9-5-10-16-21)22(23(26)28)17-11-3-2-6-12-20-13-7-4-8-14-20/h4-5,7-10,13-16,19,22,25H,2-3,6,11-12,17-18H2,1H3,(H2,26,28). The first-order valence-electron chi connectivity index (χ1n) is 10.9. The number of thioether (sulfide) groups is 1. The van der Waals surface area contributed by atoms with Crippen LogP contribution in [0.5, 0.6) is 0 Å². The molecule has 0 saturated carbocycles. The number of rotatable bonds is 12. The van der Waals surface area contributed by atoms with E-state index in [1.807, 2.05) is 31.2 Å². The van der Waals surface area contributed by atoms with Crippen molar-refractivity contribution in [1.29, 1.82) is 0 Å². The number of hydrogen-bond donors (Lipinski definition) is 1. The number of likely N-dealkylation sites (tertiary alicyclic amines) is 1. The van der Waals surface area contributed by atoms with Gasteiger partial charge in [-0.1, -0.05) is 86.8 Å². The highest BCUT2D eigenvalue weighted by Crippen LogP contribution is 2.39. The minimum Gasteiger partial charge on any atom is -0.368 e. The van der Waals surface area contributed by atoms with Crippen LogP contribution in [-0.2, 0) is 21.8 Å². The molecular weight excluding hydrogens is 392 g/mol. The zero-order valence-corrected chi connectivity index (χ0v) is 18.5. The molecule has 3 unspecified atom stereocenters. The molecule has 0 bridgehead atoms. The van der Waals surface area contributed by atoms with Gasteiger partial charge >= 0.3 is 0 Å². The molecule has 2 N–H and O–H groups in total. The van der Waals surface area contributed by atoms with Crippen molar-refractivity contribution in [2.75, 3.05) is 0 Å². The van der Waals surface area contributed by atoms with Gasteiger partial charge in [0.15, 0.2) is 0 Å². The predicted molar refractivity (Wildman–Crippen MR) is 124 cm³/mol. The molecule has 4 nitrogen and oxygen atoms in total. The zero-order valence-electron chi connectivity index (χ0n) is 17.7. The van der Waals surface area contributed by atoms with Gasteiger partial charge in [0.25, 0.3) is 0 Å². The summed E-state index contributed by atoms with van der Waals surface area (Å²) in [5.74, 6) is 0.426. The molecule has 1 saturated heterocycles. The third-order valence-electron chi connectivity index (χ3n) is 5.81. The van der Waals surface area contributed by atoms with Gasteiger partial charge in [0.1, 0.15) is 6.04 Å². The minimum absolute atomic E-state index is 0.0216. The van der Waals surface area contributed by atoms with Crippen LogP contribution in [0, 0.1) is 5.92 Å². The first-order valence-corrected chi connectivity index (χ1v) is 11.9. The quantitative estimate of drug-likeness (QED) is 0.394. The van der Waals surface area contributed by atoms with E-state index in [1.165, 1.54) is 11.1 Å². The molecule has 5 heteroatoms. The second-order valence-electron chi connectivity index (χ2n) is 8.08. The van der Waals surface area contributed by atoms with Crippen molar-refractivity contribution in [3.05, 3.63) is 71.8 Å². The minimum atomic E-state index is -0.490. The van der Waals surface area contributed by atoms with Gasteiger partial charge in [0, 0.05) is 5.75 Å². The molecule has 1 aliphatic heterocycles. The molecule has 2 amide bonds. The first kappa shape index (κ1) is 22.4. The van der Waals surface area contributed by atoms with Gasteiger partial charge in [-0.05, 0) is 30.4 Å². The summed E-state index contributed by atoms with van der Waals surface area (Å²) >= 11 is 1.72. The molecule has 2 aromatic carbocycles. The van der Waals surface area contributed by atoms with E-state index in [9.17, 15) is 9.59 Å². The fraction of sp³-hybridized carbons (Fsp3) is 0.440. The molecule has 2 aromatic rings. The van der Waals surface area contributed by atoms with Crippen LogP contribution in [0.3, 0.4) is 0 Å². The maximum atomic E-state index is 12.5. The van der Waals surface area contributed by atoms with E-state index in [0.29, 0.717) is 6.42 Å². The first-order chi connectivity index (χ1) is 14.6.